The van der Waals surface area contributed by atoms with E-state index in [2.05, 4.69) is 0 Å². The minimum absolute atomic E-state index is 0.0259. The van der Waals surface area contributed by atoms with Crippen molar-refractivity contribution in [2.24, 2.45) is 5.92 Å². The number of piperidine rings is 1. The zero-order chi connectivity index (χ0) is 20.2. The number of likely N-dealkylation sites (tertiary alicyclic amines) is 1. The normalized spacial score (nSPS) is 17.4. The van der Waals surface area contributed by atoms with Gasteiger partial charge in [0.2, 0.25) is 5.91 Å². The maximum atomic E-state index is 12.5. The predicted molar refractivity (Wildman–Crippen MR) is 98.1 cm³/mol. The van der Waals surface area contributed by atoms with Gasteiger partial charge in [-0.3, -0.25) is 14.4 Å². The Morgan fingerprint density at radius 2 is 1.85 bits per heavy atom. The van der Waals surface area contributed by atoms with Crippen molar-refractivity contribution in [3.8, 4) is 0 Å². The number of carboxylic acids is 1. The van der Waals surface area contributed by atoms with Gasteiger partial charge in [0.05, 0.1) is 23.1 Å². The van der Waals surface area contributed by atoms with E-state index in [9.17, 15) is 22.8 Å². The number of nitrogens with zero attached hydrogens (tertiary/aromatic N) is 2. The van der Waals surface area contributed by atoms with Crippen LogP contribution in [0, 0.1) is 5.92 Å². The van der Waals surface area contributed by atoms with Crippen LogP contribution >= 0.6 is 0 Å². The van der Waals surface area contributed by atoms with Crippen LogP contribution in [0.25, 0.3) is 0 Å². The van der Waals surface area contributed by atoms with Gasteiger partial charge in [0.15, 0.2) is 9.84 Å². The molecule has 1 unspecified atom stereocenters. The largest absolute Gasteiger partial charge is 0.481 e. The second-order valence-corrected chi connectivity index (χ2v) is 8.88. The summed E-state index contributed by atoms with van der Waals surface area (Å²) in [5.74, 6) is -2.23. The number of carboxylic acid groups (broad SMARTS) is 1. The Balaban J connectivity index is 2.00. The number of sulfone groups is 1. The molecule has 8 nitrogen and oxygen atoms in total. The summed E-state index contributed by atoms with van der Waals surface area (Å²) in [4.78, 5) is 38.9. The van der Waals surface area contributed by atoms with Crippen LogP contribution in [0.3, 0.4) is 0 Å². The fourth-order valence-electron chi connectivity index (χ4n) is 2.97. The lowest BCUT2D eigenvalue weighted by Crippen LogP contribution is -2.46. The van der Waals surface area contributed by atoms with Crippen molar-refractivity contribution in [1.29, 1.82) is 0 Å². The Morgan fingerprint density at radius 3 is 2.41 bits per heavy atom. The molecule has 0 saturated carbocycles. The SMILES string of the molecule is CCS(=O)(=O)c1ccc(C(=O)N(C)CC(=O)N2CCCC(C(=O)O)C2)cc1. The molecule has 1 fully saturated rings. The minimum atomic E-state index is -3.34. The Kier molecular flexibility index (Phi) is 6.59. The molecule has 0 bridgehead atoms. The van der Waals surface area contributed by atoms with E-state index in [1.54, 1.807) is 6.92 Å². The molecular weight excluding hydrogens is 372 g/mol. The topological polar surface area (TPSA) is 112 Å². The van der Waals surface area contributed by atoms with Gasteiger partial charge in [-0.15, -0.1) is 0 Å². The molecule has 148 valence electrons. The van der Waals surface area contributed by atoms with Gasteiger partial charge in [0, 0.05) is 25.7 Å². The highest BCUT2D eigenvalue weighted by atomic mass is 32.2. The third kappa shape index (κ3) is 5.06. The first-order chi connectivity index (χ1) is 12.7. The maximum Gasteiger partial charge on any atom is 0.308 e. The molecule has 0 radical (unpaired) electrons. The van der Waals surface area contributed by atoms with Gasteiger partial charge in [-0.2, -0.15) is 0 Å². The molecule has 27 heavy (non-hydrogen) atoms. The molecule has 0 spiro atoms. The van der Waals surface area contributed by atoms with Crippen molar-refractivity contribution in [3.05, 3.63) is 29.8 Å². The number of likely N-dealkylation sites (N-methyl/N-ethyl adjacent to an activating group) is 1. The van der Waals surface area contributed by atoms with Crippen molar-refractivity contribution in [2.45, 2.75) is 24.7 Å². The van der Waals surface area contributed by atoms with Crippen molar-refractivity contribution >= 4 is 27.6 Å². The number of aliphatic carboxylic acids is 1. The van der Waals surface area contributed by atoms with Crippen LogP contribution in [0.2, 0.25) is 0 Å². The highest BCUT2D eigenvalue weighted by Gasteiger charge is 2.29. The van der Waals surface area contributed by atoms with Gasteiger partial charge in [0.25, 0.3) is 5.91 Å². The van der Waals surface area contributed by atoms with E-state index in [4.69, 9.17) is 5.11 Å². The van der Waals surface area contributed by atoms with E-state index in [-0.39, 0.29) is 35.2 Å². The van der Waals surface area contributed by atoms with E-state index in [0.717, 1.165) is 0 Å². The third-order valence-electron chi connectivity index (χ3n) is 4.68. The third-order valence-corrected chi connectivity index (χ3v) is 6.43. The molecule has 1 aliphatic heterocycles. The zero-order valence-corrected chi connectivity index (χ0v) is 16.2. The summed E-state index contributed by atoms with van der Waals surface area (Å²) >= 11 is 0. The second-order valence-electron chi connectivity index (χ2n) is 6.61. The molecule has 1 aromatic carbocycles. The fourth-order valence-corrected chi connectivity index (χ4v) is 3.86. The molecule has 1 saturated heterocycles. The highest BCUT2D eigenvalue weighted by Crippen LogP contribution is 2.17. The number of hydrogen-bond donors (Lipinski definition) is 1. The summed E-state index contributed by atoms with van der Waals surface area (Å²) in [6.45, 7) is 2.01. The minimum Gasteiger partial charge on any atom is -0.481 e. The average molecular weight is 396 g/mol. The first kappa shape index (κ1) is 20.9. The Labute approximate surface area is 158 Å². The van der Waals surface area contributed by atoms with E-state index < -0.39 is 27.6 Å². The molecule has 1 aliphatic rings. The van der Waals surface area contributed by atoms with Gasteiger partial charge in [-0.1, -0.05) is 6.92 Å². The summed E-state index contributed by atoms with van der Waals surface area (Å²) in [5, 5.41) is 9.11. The predicted octanol–water partition coefficient (Wildman–Crippen LogP) is 0.875. The lowest BCUT2D eigenvalue weighted by Gasteiger charge is -2.32. The van der Waals surface area contributed by atoms with Crippen LogP contribution in [0.4, 0.5) is 0 Å². The highest BCUT2D eigenvalue weighted by molar-refractivity contribution is 7.91. The van der Waals surface area contributed by atoms with E-state index >= 15 is 0 Å². The van der Waals surface area contributed by atoms with Crippen LogP contribution in [-0.4, -0.2) is 73.5 Å². The van der Waals surface area contributed by atoms with E-state index in [0.29, 0.717) is 19.4 Å². The zero-order valence-electron chi connectivity index (χ0n) is 15.4. The van der Waals surface area contributed by atoms with Crippen LogP contribution in [0.1, 0.15) is 30.1 Å². The lowest BCUT2D eigenvalue weighted by atomic mass is 9.98. The quantitative estimate of drug-likeness (QED) is 0.764. The smallest absolute Gasteiger partial charge is 0.308 e. The molecule has 0 aliphatic carbocycles. The summed E-state index contributed by atoms with van der Waals surface area (Å²) in [6.07, 6.45) is 1.16. The second kappa shape index (κ2) is 8.51. The summed E-state index contributed by atoms with van der Waals surface area (Å²) < 4.78 is 23.6. The molecule has 1 aromatic rings. The van der Waals surface area contributed by atoms with Gasteiger partial charge in [-0.05, 0) is 37.1 Å². The van der Waals surface area contributed by atoms with Gasteiger partial charge in [0.1, 0.15) is 0 Å². The van der Waals surface area contributed by atoms with Crippen molar-refractivity contribution in [2.75, 3.05) is 32.4 Å². The summed E-state index contributed by atoms with van der Waals surface area (Å²) in [6, 6.07) is 5.61. The van der Waals surface area contributed by atoms with Crippen molar-refractivity contribution in [3.63, 3.8) is 0 Å². The monoisotopic (exact) mass is 396 g/mol. The van der Waals surface area contributed by atoms with Gasteiger partial charge < -0.3 is 14.9 Å². The van der Waals surface area contributed by atoms with Crippen LogP contribution in [-0.2, 0) is 19.4 Å². The van der Waals surface area contributed by atoms with E-state index in [1.807, 2.05) is 0 Å². The number of benzene rings is 1. The molecule has 1 atom stereocenters. The van der Waals surface area contributed by atoms with Gasteiger partial charge in [-0.25, -0.2) is 8.42 Å². The van der Waals surface area contributed by atoms with Crippen LogP contribution in [0.5, 0.6) is 0 Å². The summed E-state index contributed by atoms with van der Waals surface area (Å²) in [7, 11) is -1.86. The molecular formula is C18H24N2O6S. The lowest BCUT2D eigenvalue weighted by molar-refractivity contribution is -0.145. The molecule has 1 heterocycles. The number of carbonyl (C=O) groups is 3. The maximum absolute atomic E-state index is 12.5. The molecule has 2 amide bonds. The molecule has 9 heteroatoms. The number of rotatable bonds is 6. The molecule has 1 N–H and O–H groups in total. The van der Waals surface area contributed by atoms with Crippen molar-refractivity contribution < 1.29 is 27.9 Å². The van der Waals surface area contributed by atoms with E-state index in [1.165, 1.54) is 41.1 Å². The Hall–Kier alpha value is -2.42. The molecule has 0 aromatic heterocycles. The fraction of sp³-hybridized carbons (Fsp3) is 0.500. The Bertz CT molecular complexity index is 819. The molecule has 2 rings (SSSR count). The van der Waals surface area contributed by atoms with Gasteiger partial charge >= 0.3 is 5.97 Å². The van der Waals surface area contributed by atoms with Crippen LogP contribution in [0.15, 0.2) is 29.2 Å². The number of hydrogen-bond acceptors (Lipinski definition) is 5. The number of carbonyl (C=O) groups excluding carboxylic acids is 2. The first-order valence-electron chi connectivity index (χ1n) is 8.74. The average Bonchev–Trinajstić information content (AvgIpc) is 2.67. The standard InChI is InChI=1S/C18H24N2O6S/c1-3-27(25,26)15-8-6-13(7-9-15)17(22)19(2)12-16(21)20-10-4-5-14(11-20)18(23)24/h6-9,14H,3-5,10-12H2,1-2H3,(H,23,24). The number of amides is 2. The van der Waals surface area contributed by atoms with Crippen molar-refractivity contribution in [1.82, 2.24) is 9.80 Å². The Morgan fingerprint density at radius 1 is 1.22 bits per heavy atom. The first-order valence-corrected chi connectivity index (χ1v) is 10.4. The van der Waals surface area contributed by atoms with Crippen LogP contribution < -0.4 is 0 Å². The summed E-state index contributed by atoms with van der Waals surface area (Å²) in [5.41, 5.74) is 0.280.